The van der Waals surface area contributed by atoms with Crippen LogP contribution in [-0.4, -0.2) is 33.6 Å². The minimum Gasteiger partial charge on any atom is -0.309 e. The van der Waals surface area contributed by atoms with Gasteiger partial charge in [0.05, 0.1) is 67.3 Å². The highest BCUT2D eigenvalue weighted by Crippen LogP contribution is 2.61. The predicted molar refractivity (Wildman–Crippen MR) is 614 cm³/mol. The van der Waals surface area contributed by atoms with Gasteiger partial charge in [-0.05, 0) is 145 Å². The highest BCUT2D eigenvalue weighted by Gasteiger charge is 2.48. The van der Waals surface area contributed by atoms with E-state index in [9.17, 15) is 0 Å². The zero-order chi connectivity index (χ0) is 97.6. The van der Waals surface area contributed by atoms with E-state index < -0.39 is 21.4 Å². The van der Waals surface area contributed by atoms with Gasteiger partial charge in [-0.1, -0.05) is 437 Å². The molecule has 3 atom stereocenters. The highest BCUT2D eigenvalue weighted by atomic mass is 31.2. The zero-order valence-electron chi connectivity index (χ0n) is 79.3. The van der Waals surface area contributed by atoms with E-state index in [1.54, 1.807) is 0 Å². The van der Waals surface area contributed by atoms with Crippen molar-refractivity contribution in [2.24, 2.45) is 0 Å². The molecule has 0 fully saturated rings. The summed E-state index contributed by atoms with van der Waals surface area (Å²) >= 11 is 0. The number of benzene rings is 21. The van der Waals surface area contributed by atoms with Crippen molar-refractivity contribution in [2.45, 2.75) is 0 Å². The molecule has 0 spiro atoms. The molecule has 3 aliphatic rings. The van der Waals surface area contributed by atoms with Crippen molar-refractivity contribution in [3.63, 3.8) is 0 Å². The minimum absolute atomic E-state index is 0.571. The molecule has 0 saturated carbocycles. The summed E-state index contributed by atoms with van der Waals surface area (Å²) in [5, 5.41) is 21.0. The van der Waals surface area contributed by atoms with Crippen LogP contribution < -0.4 is 47.7 Å². The molecule has 27 aromatic rings. The predicted octanol–water partition coefficient (Wildman–Crippen LogP) is 30.3. The lowest BCUT2D eigenvalue weighted by Crippen LogP contribution is -2.21. The summed E-state index contributed by atoms with van der Waals surface area (Å²) in [6.45, 7) is 0. The lowest BCUT2D eigenvalue weighted by atomic mass is 9.97. The SMILES string of the molecule is O=P1(c2ccccc2)c2ccc3ccccc3c2-c2ccc3c(c21)c1ccccc1n3-c1cc(-c2ccccc2)cc(-c2ccccc2)n1.O=P1(c2ccccc2)c2ccc3ccccc3c2-c2ccc3c(c21)c1ccccc1n3-c1cc(-c2ccccc2)nc(-c2ccccc2)c1.O=P1(c2ccccc2)c2ccc3ccccc3c2-c2ccc3c(c21)c1ccccc1n3-c1nc(-c2ccccc2)cc(-c2ccccc2)n1. The summed E-state index contributed by atoms with van der Waals surface area (Å²) in [5.74, 6) is 1.39. The lowest BCUT2D eigenvalue weighted by molar-refractivity contribution is 0.592. The standard InChI is InChI=1S/2C45H29N2OP.C44H28N3OP/c48-49(34-19-8-3-9-20-34)42-27-24-30-14-10-11-21-35(30)43(42)37-25-26-41-44(45(37)49)36-22-12-13-23-40(36)47(41)33-28-38(31-15-4-1-5-16-31)46-39(29-33)32-17-6-2-7-18-32;48-49(34-19-8-3-9-20-34)41-27-24-31-16-10-11-21-35(31)43(41)37-25-26-40-44(45(37)49)36-22-12-13-23-39(36)47(40)42-29-33(30-14-4-1-5-15-30)28-38(46-42)32-17-6-2-7-18-32;48-49(32-19-8-3-9-20-32)40-27-24-29-14-10-11-21-33(29)41(40)35-25-26-39-42(43(35)49)34-22-12-13-23-38(34)47(39)44-45-36(30-15-4-1-5-16-30)28-37(46-44)31-17-6-2-7-18-31/h2*1-29H;1-28H. The van der Waals surface area contributed by atoms with Crippen molar-refractivity contribution >= 4 is 167 Å². The van der Waals surface area contributed by atoms with E-state index in [1.807, 2.05) is 152 Å². The summed E-state index contributed by atoms with van der Waals surface area (Å²) in [5.41, 5.74) is 25.2. The number of aromatic nitrogens is 7. The van der Waals surface area contributed by atoms with Crippen molar-refractivity contribution in [3.8, 4) is 118 Å². The van der Waals surface area contributed by atoms with Crippen LogP contribution in [0.4, 0.5) is 0 Å². The van der Waals surface area contributed by atoms with Crippen molar-refractivity contribution in [2.75, 3.05) is 0 Å². The number of rotatable bonds is 12. The maximum Gasteiger partial charge on any atom is 0.235 e. The lowest BCUT2D eigenvalue weighted by Gasteiger charge is -2.17. The molecule has 6 aromatic heterocycles. The third kappa shape index (κ3) is 13.7. The summed E-state index contributed by atoms with van der Waals surface area (Å²) in [7, 11) is -9.86. The smallest absolute Gasteiger partial charge is 0.235 e. The van der Waals surface area contributed by atoms with Crippen LogP contribution in [-0.2, 0) is 13.7 Å². The van der Waals surface area contributed by atoms with E-state index in [0.717, 1.165) is 258 Å². The number of hydrogen-bond donors (Lipinski definition) is 0. The number of pyridine rings is 2. The average molecular weight is 1940 g/mol. The third-order valence-electron chi connectivity index (χ3n) is 29.8. The molecular weight excluding hydrogens is 1850 g/mol. The monoisotopic (exact) mass is 1930 g/mol. The summed E-state index contributed by atoms with van der Waals surface area (Å²) in [6.07, 6.45) is 0. The fourth-order valence-electron chi connectivity index (χ4n) is 23.3. The number of nitrogens with zero attached hydrogens (tertiary/aromatic N) is 7. The molecule has 147 heavy (non-hydrogen) atoms. The van der Waals surface area contributed by atoms with Crippen molar-refractivity contribution in [1.82, 2.24) is 33.6 Å². The second-order valence-corrected chi connectivity index (χ2v) is 45.8. The van der Waals surface area contributed by atoms with Crippen LogP contribution in [0.15, 0.2) is 522 Å². The quantitative estimate of drug-likeness (QED) is 0.112. The van der Waals surface area contributed by atoms with Crippen molar-refractivity contribution < 1.29 is 13.7 Å². The Kier molecular flexibility index (Phi) is 20.6. The first-order chi connectivity index (χ1) is 72.6. The van der Waals surface area contributed by atoms with Crippen molar-refractivity contribution in [1.29, 1.82) is 0 Å². The molecule has 0 N–H and O–H groups in total. The summed E-state index contributed by atoms with van der Waals surface area (Å²) in [6, 6.07) is 180. The highest BCUT2D eigenvalue weighted by molar-refractivity contribution is 7.88. The Morgan fingerprint density at radius 3 is 0.810 bits per heavy atom. The van der Waals surface area contributed by atoms with E-state index in [0.29, 0.717) is 5.95 Å². The van der Waals surface area contributed by atoms with Crippen LogP contribution in [0.2, 0.25) is 0 Å². The molecule has 0 saturated heterocycles. The Morgan fingerprint density at radius 1 is 0.184 bits per heavy atom. The van der Waals surface area contributed by atoms with Gasteiger partial charge in [0.2, 0.25) is 5.95 Å². The zero-order valence-corrected chi connectivity index (χ0v) is 82.0. The van der Waals surface area contributed by atoms with Gasteiger partial charge in [-0.15, -0.1) is 0 Å². The maximum absolute atomic E-state index is 16.2. The van der Waals surface area contributed by atoms with Crippen molar-refractivity contribution in [3.05, 3.63) is 522 Å². The van der Waals surface area contributed by atoms with E-state index in [2.05, 4.69) is 384 Å². The first kappa shape index (κ1) is 86.7. The second-order valence-electron chi connectivity index (χ2n) is 37.8. The number of fused-ring (bicyclic) bond motifs is 27. The summed E-state index contributed by atoms with van der Waals surface area (Å²) in [4.78, 5) is 20.9. The first-order valence-corrected chi connectivity index (χ1v) is 54.7. The van der Waals surface area contributed by atoms with E-state index in [1.165, 1.54) is 0 Å². The molecule has 0 aliphatic carbocycles. The molecule has 3 unspecified atom stereocenters. The molecule has 0 amide bonds. The van der Waals surface area contributed by atoms with Crippen LogP contribution in [0.5, 0.6) is 0 Å². The Bertz CT molecular complexity index is 9120. The Labute approximate surface area is 848 Å². The Hall–Kier alpha value is -18.1. The topological polar surface area (TPSA) is 118 Å². The molecule has 30 rings (SSSR count). The third-order valence-corrected chi connectivity index (χ3v) is 39.3. The fraction of sp³-hybridized carbons (Fsp3) is 0. The molecule has 9 heterocycles. The van der Waals surface area contributed by atoms with Gasteiger partial charge in [0.25, 0.3) is 0 Å². The normalized spacial score (nSPS) is 15.1. The van der Waals surface area contributed by atoms with Gasteiger partial charge < -0.3 is 18.3 Å². The van der Waals surface area contributed by atoms with Crippen LogP contribution in [0.25, 0.3) is 216 Å². The molecular formula is C134H86N7O3P3. The Morgan fingerprint density at radius 2 is 0.456 bits per heavy atom. The molecule has 0 bridgehead atoms. The van der Waals surface area contributed by atoms with Gasteiger partial charge in [-0.2, -0.15) is 0 Å². The molecule has 690 valence electrons. The van der Waals surface area contributed by atoms with Crippen LogP contribution >= 0.6 is 21.4 Å². The van der Waals surface area contributed by atoms with Gasteiger partial charge in [0.1, 0.15) is 5.82 Å². The van der Waals surface area contributed by atoms with Gasteiger partial charge in [0.15, 0.2) is 21.4 Å². The fourth-order valence-corrected chi connectivity index (χ4v) is 33.2. The van der Waals surface area contributed by atoms with Gasteiger partial charge >= 0.3 is 0 Å². The molecule has 3 aliphatic heterocycles. The van der Waals surface area contributed by atoms with Gasteiger partial charge in [-0.25, -0.2) is 19.9 Å². The van der Waals surface area contributed by atoms with E-state index in [-0.39, 0.29) is 0 Å². The first-order valence-electron chi connectivity index (χ1n) is 49.6. The molecule has 13 heteroatoms. The number of hydrogen-bond acceptors (Lipinski definition) is 7. The van der Waals surface area contributed by atoms with E-state index in [4.69, 9.17) is 19.9 Å². The maximum atomic E-state index is 16.2. The largest absolute Gasteiger partial charge is 0.309 e. The second kappa shape index (κ2) is 34.9. The Balaban J connectivity index is 0.000000107. The minimum atomic E-state index is -3.30. The van der Waals surface area contributed by atoms with Gasteiger partial charge in [-0.3, -0.25) is 9.13 Å². The summed E-state index contributed by atoms with van der Waals surface area (Å²) < 4.78 is 55.2. The molecule has 0 radical (unpaired) electrons. The average Bonchev–Trinajstić information content (AvgIpc) is 1.53. The van der Waals surface area contributed by atoms with Crippen LogP contribution in [0.1, 0.15) is 0 Å². The molecule has 10 nitrogen and oxygen atoms in total. The molecule has 21 aromatic carbocycles. The van der Waals surface area contributed by atoms with Gasteiger partial charge in [0, 0.05) is 125 Å². The number of para-hydroxylation sites is 3. The van der Waals surface area contributed by atoms with E-state index >= 15 is 13.7 Å². The van der Waals surface area contributed by atoms with Crippen LogP contribution in [0, 0.1) is 0 Å². The van der Waals surface area contributed by atoms with Crippen LogP contribution in [0.3, 0.4) is 0 Å².